The molecule has 14 rings (SSSR count). The number of carbonyl (C=O) groups is 5. The fraction of sp³-hybridized carbons (Fsp3) is 0.511. The first-order chi connectivity index (χ1) is 58.9. The van der Waals surface area contributed by atoms with Crippen molar-refractivity contribution in [3.8, 4) is 34.6 Å². The van der Waals surface area contributed by atoms with Crippen molar-refractivity contribution in [3.05, 3.63) is 173 Å². The molecule has 0 fully saturated rings. The highest BCUT2D eigenvalue weighted by molar-refractivity contribution is 6.32. The number of aliphatic hydroxyl groups excluding tert-OH is 2. The van der Waals surface area contributed by atoms with E-state index in [1.54, 1.807) is 56.2 Å². The van der Waals surface area contributed by atoms with E-state index in [4.69, 9.17) is 80.2 Å². The van der Waals surface area contributed by atoms with Crippen molar-refractivity contribution in [2.24, 2.45) is 11.1 Å². The molecular weight excluding hydrogens is 1650 g/mol. The summed E-state index contributed by atoms with van der Waals surface area (Å²) in [6.45, 7) is 26.6. The maximum Gasteiger partial charge on any atom is 0.325 e. The molecule has 30 nitrogen and oxygen atoms in total. The highest BCUT2D eigenvalue weighted by atomic mass is 35.5. The number of likely N-dealkylation sites (N-methyl/N-ethyl adjacent to an activating group) is 4. The Labute approximate surface area is 751 Å². The molecule has 0 atom stereocenters. The number of aliphatic carboxylic acids is 1. The van der Waals surface area contributed by atoms with Crippen molar-refractivity contribution < 1.29 is 53.5 Å². The van der Waals surface area contributed by atoms with Crippen molar-refractivity contribution in [2.45, 2.75) is 219 Å². The van der Waals surface area contributed by atoms with Crippen LogP contribution in [0.15, 0.2) is 73.3 Å². The van der Waals surface area contributed by atoms with Crippen LogP contribution < -0.4 is 25.3 Å². The minimum absolute atomic E-state index is 0. The van der Waals surface area contributed by atoms with Gasteiger partial charge in [-0.15, -0.1) is 0 Å². The molecule has 5 aliphatic carbocycles. The molecule has 0 aromatic carbocycles. The zero-order valence-corrected chi connectivity index (χ0v) is 77.2. The number of fused-ring (bicyclic) bond motifs is 5. The number of carbonyl (C=O) groups excluding carboxylic acids is 4. The molecule has 0 unspecified atom stereocenters. The summed E-state index contributed by atoms with van der Waals surface area (Å²) in [6.07, 6.45) is 23.6. The first kappa shape index (κ1) is 103. The van der Waals surface area contributed by atoms with Gasteiger partial charge in [-0.05, 0) is 271 Å². The van der Waals surface area contributed by atoms with Crippen molar-refractivity contribution >= 4 is 87.7 Å². The summed E-state index contributed by atoms with van der Waals surface area (Å²) < 4.78 is 14.6. The lowest BCUT2D eigenvalue weighted by molar-refractivity contribution is -0.143. The van der Waals surface area contributed by atoms with E-state index in [9.17, 15) is 29.1 Å². The Hall–Kier alpha value is -10.5. The largest absolute Gasteiger partial charge is 0.480 e. The third-order valence-corrected chi connectivity index (χ3v) is 20.5. The number of carboxylic acid groups (broad SMARTS) is 1. The number of ketones is 1. The smallest absolute Gasteiger partial charge is 0.325 e. The minimum atomic E-state index is -0.872. The number of esters is 3. The number of hydrogen-bond donors (Lipinski definition) is 4. The molecule has 9 aromatic heterocycles. The van der Waals surface area contributed by atoms with Gasteiger partial charge in [0.05, 0.1) is 44.4 Å². The Kier molecular flexibility index (Phi) is 41.8. The number of aryl methyl sites for hydroxylation is 10. The summed E-state index contributed by atoms with van der Waals surface area (Å²) in [5.41, 5.74) is 23.1. The quantitative estimate of drug-likeness (QED) is 0.0189. The molecule has 9 heterocycles. The van der Waals surface area contributed by atoms with Gasteiger partial charge < -0.3 is 54.9 Å². The van der Waals surface area contributed by atoms with Gasteiger partial charge in [-0.3, -0.25) is 43.9 Å². The molecule has 0 amide bonds. The van der Waals surface area contributed by atoms with Gasteiger partial charge >= 0.3 is 23.9 Å². The standard InChI is InChI=1S/C21H28N4O2.C18H22N4O2.C16H18N4O2.C12H16ClN3O2.C7H6Cl2N2.C7H9N.C6H12O2.C4H11NO.CH4/c1-14-8-9-22-18(10-14)19-23-17-7-5-6-16(17)20(24-19)25(4)12-15(27)11-21(2,3)13-26;1-4-24-16(23)11-22(3)18-13-6-5-7-14(13)20-17(21-18)15-10-12(2)8-9-19-15;1-10-6-7-17-13(8-10)15-18-12-5-3-4-11(12)16(19-15)20(2)9-14(21)22;1-3-18-10(17)7-16(2)11-8-5-4-6-9(8)14-12(13)15-11;8-6-4-2-1-3-5(4)10-7(9)11-6;1-6-3-4-8-7(2)5-6;1-3-5-6(7)8-4-2;1-4(2,5)3-6;/h8-10,26H,5-7,11-13H2,1-4H3;8-10H,4-7,11H2,1-3H3;6-8H,3-5,9H2,1-2H3,(H,21,22);3-7H2,1-2H3;1-3H2;3-5H,1-2H3;3-5H2,1-2H3;6H,3,5H2,1-2H3;1H4. The number of aromatic nitrogens is 14. The SMILES string of the molecule is C.CC(C)(N)CO.CCCC(=O)OCC.CCOC(=O)CN(C)c1nc(-c2cc(C)ccn2)nc2c1CCC2.CCOC(=O)CN(C)c1nc(Cl)nc2c1CCC2.Cc1ccnc(-c2nc3c(c(N(C)CC(=O)CC(C)(C)CO)n2)CCC3)c1.Cc1ccnc(-c2nc3c(c(N(C)CC(=O)O)n2)CCC3)c1.Cc1ccnc(C)c1.Clc1nc(Cl)c2c(n1)CCC2. The van der Waals surface area contributed by atoms with Gasteiger partial charge in [0.15, 0.2) is 23.3 Å². The van der Waals surface area contributed by atoms with Crippen LogP contribution in [0.5, 0.6) is 0 Å². The predicted molar refractivity (Wildman–Crippen MR) is 491 cm³/mol. The monoisotopic (exact) mass is 1780 g/mol. The number of pyridine rings is 4. The summed E-state index contributed by atoms with van der Waals surface area (Å²) in [6, 6.07) is 15.8. The Morgan fingerprint density at radius 2 is 0.744 bits per heavy atom. The Balaban J connectivity index is 0.000000230. The number of nitrogens with zero attached hydrogens (tertiary/aromatic N) is 18. The maximum absolute atomic E-state index is 12.5. The number of ether oxygens (including phenoxy) is 3. The van der Waals surface area contributed by atoms with Gasteiger partial charge in [0.25, 0.3) is 0 Å². The summed E-state index contributed by atoms with van der Waals surface area (Å²) in [7, 11) is 7.33. The second-order valence-corrected chi connectivity index (χ2v) is 33.4. The molecule has 0 saturated carbocycles. The van der Waals surface area contributed by atoms with Crippen LogP contribution in [0.25, 0.3) is 34.6 Å². The minimum Gasteiger partial charge on any atom is -0.480 e. The molecule has 5 N–H and O–H groups in total. The normalized spacial score (nSPS) is 12.6. The lowest BCUT2D eigenvalue weighted by atomic mass is 9.88. The summed E-state index contributed by atoms with van der Waals surface area (Å²) >= 11 is 17.4. The third kappa shape index (κ3) is 33.1. The Bertz CT molecular complexity index is 5050. The van der Waals surface area contributed by atoms with Crippen LogP contribution in [-0.4, -0.2) is 208 Å². The van der Waals surface area contributed by atoms with E-state index in [1.807, 2.05) is 142 Å². The van der Waals surface area contributed by atoms with Gasteiger partial charge in [-0.1, -0.05) is 39.8 Å². The number of aliphatic hydroxyl groups is 2. The highest BCUT2D eigenvalue weighted by Gasteiger charge is 2.30. The average molecular weight is 1780 g/mol. The van der Waals surface area contributed by atoms with E-state index in [1.165, 1.54) is 5.56 Å². The molecule has 0 radical (unpaired) electrons. The average Bonchev–Trinajstić information content (AvgIpc) is 1.72. The van der Waals surface area contributed by atoms with Crippen molar-refractivity contribution in [1.29, 1.82) is 0 Å². The van der Waals surface area contributed by atoms with Gasteiger partial charge in [0.2, 0.25) is 10.6 Å². The van der Waals surface area contributed by atoms with Gasteiger partial charge in [0, 0.05) is 129 Å². The predicted octanol–water partition coefficient (Wildman–Crippen LogP) is 14.2. The second kappa shape index (κ2) is 50.6. The number of anilines is 4. The molecule has 0 spiro atoms. The molecule has 5 aliphatic rings. The lowest BCUT2D eigenvalue weighted by Crippen LogP contribution is -2.35. The van der Waals surface area contributed by atoms with E-state index in [-0.39, 0.29) is 81.1 Å². The van der Waals surface area contributed by atoms with Crippen molar-refractivity contribution in [3.63, 3.8) is 0 Å². The Morgan fingerprint density at radius 1 is 0.424 bits per heavy atom. The van der Waals surface area contributed by atoms with Gasteiger partial charge in [-0.25, -0.2) is 49.8 Å². The molecule has 0 saturated heterocycles. The van der Waals surface area contributed by atoms with Crippen LogP contribution in [0.2, 0.25) is 15.7 Å². The lowest BCUT2D eigenvalue weighted by Gasteiger charge is -2.24. The number of halogens is 3. The van der Waals surface area contributed by atoms with E-state index in [0.29, 0.717) is 61.1 Å². The molecule has 0 bridgehead atoms. The summed E-state index contributed by atoms with van der Waals surface area (Å²) in [5.74, 6) is 3.51. The number of Topliss-reactive ketones (excluding diaryl/α,β-unsaturated/α-hetero) is 1. The van der Waals surface area contributed by atoms with E-state index < -0.39 is 16.9 Å². The van der Waals surface area contributed by atoms with Crippen molar-refractivity contribution in [1.82, 2.24) is 69.8 Å². The van der Waals surface area contributed by atoms with Gasteiger partial charge in [0.1, 0.15) is 65.1 Å². The molecule has 33 heteroatoms. The number of rotatable bonds is 24. The Morgan fingerprint density at radius 3 is 1.07 bits per heavy atom. The molecule has 9 aromatic rings. The van der Waals surface area contributed by atoms with Crippen molar-refractivity contribution in [2.75, 3.05) is 107 Å². The molecular formula is C92H126Cl3N19O11. The fourth-order valence-corrected chi connectivity index (χ4v) is 14.6. The topological polar surface area (TPSA) is 393 Å². The third-order valence-electron chi connectivity index (χ3n) is 19.8. The van der Waals surface area contributed by atoms with Crippen LogP contribution in [-0.2, 0) is 102 Å². The maximum atomic E-state index is 12.5. The number of carboxylic acids is 1. The molecule has 676 valence electrons. The zero-order chi connectivity index (χ0) is 91.0. The van der Waals surface area contributed by atoms with Crippen LogP contribution in [0.1, 0.15) is 198 Å². The fourth-order valence-electron chi connectivity index (χ4n) is 13.9. The number of hydrogen-bond acceptors (Lipinski definition) is 29. The zero-order valence-electron chi connectivity index (χ0n) is 74.9. The summed E-state index contributed by atoms with van der Waals surface area (Å²) in [5, 5.41) is 27.7. The number of nitrogens with two attached hydrogens (primary N) is 1. The van der Waals surface area contributed by atoms with E-state index in [0.717, 1.165) is 216 Å². The first-order valence-electron chi connectivity index (χ1n) is 42.2. The summed E-state index contributed by atoms with van der Waals surface area (Å²) in [4.78, 5) is 126. The van der Waals surface area contributed by atoms with Crippen LogP contribution in [0.4, 0.5) is 23.3 Å². The van der Waals surface area contributed by atoms with E-state index in [2.05, 4.69) is 67.6 Å². The molecule has 0 aliphatic heterocycles. The van der Waals surface area contributed by atoms with Crippen LogP contribution >= 0.6 is 34.8 Å². The van der Waals surface area contributed by atoms with E-state index >= 15 is 0 Å². The van der Waals surface area contributed by atoms with Gasteiger partial charge in [-0.2, -0.15) is 0 Å². The molecule has 125 heavy (non-hydrogen) atoms. The first-order valence-corrected chi connectivity index (χ1v) is 43.3. The van der Waals surface area contributed by atoms with Crippen LogP contribution in [0, 0.1) is 40.0 Å². The van der Waals surface area contributed by atoms with Crippen LogP contribution in [0.3, 0.4) is 0 Å². The highest BCUT2D eigenvalue weighted by Crippen LogP contribution is 2.36. The second-order valence-electron chi connectivity index (χ2n) is 32.4.